The van der Waals surface area contributed by atoms with E-state index in [1.807, 2.05) is 0 Å². The molecule has 2 rings (SSSR count). The summed E-state index contributed by atoms with van der Waals surface area (Å²) in [4.78, 5) is 11.3. The summed E-state index contributed by atoms with van der Waals surface area (Å²) >= 11 is -0.191. The van der Waals surface area contributed by atoms with Gasteiger partial charge in [-0.2, -0.15) is 44.6 Å². The highest BCUT2D eigenvalue weighted by molar-refractivity contribution is 8.14. The van der Waals surface area contributed by atoms with Crippen molar-refractivity contribution in [1.29, 1.82) is 0 Å². The Balaban J connectivity index is 2.47. The molecule has 0 N–H and O–H groups in total. The minimum atomic E-state index is -5.15. The van der Waals surface area contributed by atoms with Crippen molar-refractivity contribution in [2.45, 2.75) is 23.4 Å². The number of carbonyl (C=O) groups is 1. The Morgan fingerprint density at radius 2 is 1.37 bits per heavy atom. The van der Waals surface area contributed by atoms with E-state index >= 15 is 0 Å². The van der Waals surface area contributed by atoms with Gasteiger partial charge in [-0.1, -0.05) is 0 Å². The molecule has 0 radical (unpaired) electrons. The van der Waals surface area contributed by atoms with Gasteiger partial charge in [0.25, 0.3) is 0 Å². The highest BCUT2D eigenvalue weighted by Gasteiger charge is 2.40. The van der Waals surface area contributed by atoms with Crippen LogP contribution in [0.3, 0.4) is 0 Å². The molecule has 0 unspecified atom stereocenters. The fraction of sp³-hybridized carbons (Fsp3) is 0.286. The number of nitrogens with zero attached hydrogens (tertiary/aromatic N) is 2. The van der Waals surface area contributed by atoms with E-state index in [1.165, 1.54) is 0 Å². The molecule has 0 amide bonds. The van der Waals surface area contributed by atoms with Crippen LogP contribution < -0.4 is 0 Å². The van der Waals surface area contributed by atoms with Gasteiger partial charge in [0.15, 0.2) is 5.69 Å². The van der Waals surface area contributed by atoms with E-state index in [9.17, 15) is 44.3 Å². The minimum absolute atomic E-state index is 0.153. The number of hydrogen-bond donors (Lipinski definition) is 0. The fourth-order valence-electron chi connectivity index (χ4n) is 2.07. The summed E-state index contributed by atoms with van der Waals surface area (Å²) in [6, 6.07) is 0.350. The van der Waals surface area contributed by atoms with Gasteiger partial charge in [-0.25, -0.2) is 0 Å². The number of halogens is 9. The van der Waals surface area contributed by atoms with E-state index in [-0.39, 0.29) is 30.0 Å². The number of benzene rings is 1. The van der Waals surface area contributed by atoms with Crippen molar-refractivity contribution in [2.75, 3.05) is 0 Å². The lowest BCUT2D eigenvalue weighted by Gasteiger charge is -2.14. The van der Waals surface area contributed by atoms with E-state index in [2.05, 4.69) is 5.10 Å². The summed E-state index contributed by atoms with van der Waals surface area (Å²) in [5.41, 5.74) is -5.83. The highest BCUT2D eigenvalue weighted by Crippen LogP contribution is 2.40. The van der Waals surface area contributed by atoms with Crippen LogP contribution in [-0.2, 0) is 25.6 Å². The zero-order valence-corrected chi connectivity index (χ0v) is 13.7. The summed E-state index contributed by atoms with van der Waals surface area (Å²) < 4.78 is 116. The van der Waals surface area contributed by atoms with Crippen LogP contribution in [0.2, 0.25) is 0 Å². The lowest BCUT2D eigenvalue weighted by molar-refractivity contribution is -0.144. The van der Waals surface area contributed by atoms with Crippen molar-refractivity contribution in [3.05, 3.63) is 46.8 Å². The van der Waals surface area contributed by atoms with E-state index < -0.39 is 50.9 Å². The predicted molar refractivity (Wildman–Crippen MR) is 74.8 cm³/mol. The predicted octanol–water partition coefficient (Wildman–Crippen LogP) is 5.41. The lowest BCUT2D eigenvalue weighted by atomic mass is 10.1. The Labute approximate surface area is 149 Å². The van der Waals surface area contributed by atoms with Gasteiger partial charge in [0, 0.05) is 11.9 Å². The van der Waals surface area contributed by atoms with Crippen LogP contribution in [0.25, 0.3) is 0 Å². The molecule has 27 heavy (non-hydrogen) atoms. The first-order valence-electron chi connectivity index (χ1n) is 6.71. The standard InChI is InChI=1S/C14H7F9N2OS/c1-25-10(14(21,22)23)9(5-24-25)11(26)27-8-3-6(12(15,16)17)2-7(4-8)13(18,19)20/h2-5H,1H3. The summed E-state index contributed by atoms with van der Waals surface area (Å²) in [5.74, 6) is 0. The highest BCUT2D eigenvalue weighted by atomic mass is 32.2. The van der Waals surface area contributed by atoms with Crippen molar-refractivity contribution in [2.24, 2.45) is 7.05 Å². The molecule has 0 aliphatic heterocycles. The van der Waals surface area contributed by atoms with Crippen LogP contribution in [0, 0.1) is 0 Å². The minimum Gasteiger partial charge on any atom is -0.281 e. The molecular formula is C14H7F9N2OS. The second-order valence-corrected chi connectivity index (χ2v) is 6.21. The Bertz CT molecular complexity index is 833. The average Bonchev–Trinajstić information content (AvgIpc) is 2.87. The SMILES string of the molecule is Cn1ncc(C(=O)Sc2cc(C(F)(F)F)cc(C(F)(F)F)c2)c1C(F)(F)F. The second-order valence-electron chi connectivity index (χ2n) is 5.16. The van der Waals surface area contributed by atoms with Crippen molar-refractivity contribution in [3.8, 4) is 0 Å². The van der Waals surface area contributed by atoms with Crippen LogP contribution in [0.15, 0.2) is 29.3 Å². The molecule has 0 fully saturated rings. The number of alkyl halides is 9. The first kappa shape index (κ1) is 21.1. The first-order chi connectivity index (χ1) is 12.1. The number of hydrogen-bond acceptors (Lipinski definition) is 3. The van der Waals surface area contributed by atoms with Gasteiger partial charge < -0.3 is 0 Å². The van der Waals surface area contributed by atoms with Crippen LogP contribution in [-0.4, -0.2) is 14.9 Å². The summed E-state index contributed by atoms with van der Waals surface area (Å²) in [7, 11) is 0.885. The number of aryl methyl sites for hydroxylation is 1. The average molecular weight is 422 g/mol. The quantitative estimate of drug-likeness (QED) is 0.480. The van der Waals surface area contributed by atoms with Crippen LogP contribution in [0.1, 0.15) is 27.2 Å². The molecule has 0 aliphatic rings. The van der Waals surface area contributed by atoms with Gasteiger partial charge in [-0.15, -0.1) is 0 Å². The van der Waals surface area contributed by atoms with Gasteiger partial charge in [0.2, 0.25) is 5.12 Å². The van der Waals surface area contributed by atoms with Gasteiger partial charge in [-0.05, 0) is 30.0 Å². The molecule has 0 bridgehead atoms. The molecule has 1 aromatic heterocycles. The van der Waals surface area contributed by atoms with E-state index in [0.717, 1.165) is 7.05 Å². The van der Waals surface area contributed by atoms with Crippen molar-refractivity contribution in [3.63, 3.8) is 0 Å². The largest absolute Gasteiger partial charge is 0.433 e. The summed E-state index contributed by atoms with van der Waals surface area (Å²) in [6.07, 6.45) is -14.8. The molecule has 1 heterocycles. The number of aromatic nitrogens is 2. The number of rotatable bonds is 2. The molecule has 148 valence electrons. The number of thioether (sulfide) groups is 1. The Morgan fingerprint density at radius 1 is 0.889 bits per heavy atom. The smallest absolute Gasteiger partial charge is 0.281 e. The third kappa shape index (κ3) is 4.76. The molecule has 2 aromatic rings. The monoisotopic (exact) mass is 422 g/mol. The zero-order chi connectivity index (χ0) is 20.8. The molecule has 0 spiro atoms. The second kappa shape index (κ2) is 6.77. The van der Waals surface area contributed by atoms with E-state index in [0.29, 0.717) is 10.9 Å². The van der Waals surface area contributed by atoms with Crippen LogP contribution >= 0.6 is 11.8 Å². The Kier molecular flexibility index (Phi) is 5.29. The molecule has 0 saturated carbocycles. The third-order valence-electron chi connectivity index (χ3n) is 3.20. The Morgan fingerprint density at radius 3 is 1.78 bits per heavy atom. The topological polar surface area (TPSA) is 34.9 Å². The zero-order valence-electron chi connectivity index (χ0n) is 12.9. The maximum Gasteiger partial charge on any atom is 0.433 e. The Hall–Kier alpha value is -2.18. The lowest BCUT2D eigenvalue weighted by Crippen LogP contribution is -2.15. The van der Waals surface area contributed by atoms with Crippen LogP contribution in [0.4, 0.5) is 39.5 Å². The van der Waals surface area contributed by atoms with E-state index in [1.54, 1.807) is 0 Å². The van der Waals surface area contributed by atoms with Gasteiger partial charge in [0.05, 0.1) is 22.9 Å². The summed E-state index contributed by atoms with van der Waals surface area (Å²) in [6.45, 7) is 0. The molecule has 0 aliphatic carbocycles. The van der Waals surface area contributed by atoms with Gasteiger partial charge >= 0.3 is 18.5 Å². The van der Waals surface area contributed by atoms with Crippen molar-refractivity contribution >= 4 is 16.9 Å². The third-order valence-corrected chi connectivity index (χ3v) is 4.08. The molecular weight excluding hydrogens is 415 g/mol. The first-order valence-corrected chi connectivity index (χ1v) is 7.53. The number of carbonyl (C=O) groups excluding carboxylic acids is 1. The van der Waals surface area contributed by atoms with E-state index in [4.69, 9.17) is 0 Å². The van der Waals surface area contributed by atoms with Crippen molar-refractivity contribution < 1.29 is 44.3 Å². The van der Waals surface area contributed by atoms with Gasteiger partial charge in [0.1, 0.15) is 0 Å². The fourth-order valence-corrected chi connectivity index (χ4v) is 2.92. The molecule has 3 nitrogen and oxygen atoms in total. The molecule has 0 saturated heterocycles. The van der Waals surface area contributed by atoms with Gasteiger partial charge in [-0.3, -0.25) is 9.48 Å². The summed E-state index contributed by atoms with van der Waals surface area (Å²) in [5, 5.41) is 1.86. The maximum atomic E-state index is 13.0. The van der Waals surface area contributed by atoms with Crippen molar-refractivity contribution in [1.82, 2.24) is 9.78 Å². The van der Waals surface area contributed by atoms with Crippen LogP contribution in [0.5, 0.6) is 0 Å². The molecule has 13 heteroatoms. The maximum absolute atomic E-state index is 13.0. The normalized spacial score (nSPS) is 13.1. The molecule has 0 atom stereocenters. The molecule has 1 aromatic carbocycles.